The van der Waals surface area contributed by atoms with E-state index in [1.54, 1.807) is 12.1 Å². The Morgan fingerprint density at radius 2 is 2.12 bits per heavy atom. The molecule has 2 aromatic rings. The molecule has 0 bridgehead atoms. The normalized spacial score (nSPS) is 10.1. The molecule has 2 rings (SSSR count). The van der Waals surface area contributed by atoms with Crippen molar-refractivity contribution in [3.63, 3.8) is 0 Å². The van der Waals surface area contributed by atoms with E-state index in [0.29, 0.717) is 6.54 Å². The molecule has 0 fully saturated rings. The number of hydrogen-bond donors (Lipinski definition) is 2. The van der Waals surface area contributed by atoms with E-state index in [1.165, 1.54) is 16.9 Å². The van der Waals surface area contributed by atoms with Crippen molar-refractivity contribution < 1.29 is 4.92 Å². The summed E-state index contributed by atoms with van der Waals surface area (Å²) in [6.45, 7) is 0.410. The molecule has 0 aliphatic carbocycles. The number of nitrogen functional groups attached to an aromatic ring is 1. The van der Waals surface area contributed by atoms with Crippen LogP contribution in [0.4, 0.5) is 11.6 Å². The van der Waals surface area contributed by atoms with E-state index < -0.39 is 4.92 Å². The van der Waals surface area contributed by atoms with Gasteiger partial charge in [-0.1, -0.05) is 17.2 Å². The zero-order valence-electron chi connectivity index (χ0n) is 8.65. The number of anilines is 1. The number of nitrogens with one attached hydrogen (secondary N) is 1. The summed E-state index contributed by atoms with van der Waals surface area (Å²) in [5, 5.41) is 20.9. The molecule has 3 N–H and O–H groups in total. The van der Waals surface area contributed by atoms with Crippen LogP contribution < -0.4 is 11.2 Å². The number of tetrazole rings is 1. The Balaban J connectivity index is 2.00. The van der Waals surface area contributed by atoms with Gasteiger partial charge in [0.05, 0.1) is 11.5 Å². The molecule has 1 heterocycles. The second kappa shape index (κ2) is 4.43. The monoisotopic (exact) mass is 235 g/mol. The van der Waals surface area contributed by atoms with Gasteiger partial charge in [-0.3, -0.25) is 10.1 Å². The van der Waals surface area contributed by atoms with E-state index >= 15 is 0 Å². The van der Waals surface area contributed by atoms with Gasteiger partial charge in [-0.25, -0.2) is 0 Å². The van der Waals surface area contributed by atoms with Crippen LogP contribution in [0, 0.1) is 10.1 Å². The minimum Gasteiger partial charge on any atom is -0.365 e. The number of non-ortho nitro benzene ring substituents is 1. The van der Waals surface area contributed by atoms with Gasteiger partial charge in [-0.2, -0.15) is 0 Å². The number of nitrogens with zero attached hydrogens (tertiary/aromatic N) is 5. The fourth-order valence-electron chi connectivity index (χ4n) is 1.21. The Labute approximate surface area is 95.3 Å². The number of nitrogens with two attached hydrogens (primary N) is 1. The molecule has 0 spiro atoms. The summed E-state index contributed by atoms with van der Waals surface area (Å²) in [6.07, 6.45) is 0. The average molecular weight is 235 g/mol. The summed E-state index contributed by atoms with van der Waals surface area (Å²) in [4.78, 5) is 11.2. The van der Waals surface area contributed by atoms with Crippen LogP contribution in [0.5, 0.6) is 0 Å². The summed E-state index contributed by atoms with van der Waals surface area (Å²) < 4.78 is 0. The quantitative estimate of drug-likeness (QED) is 0.560. The van der Waals surface area contributed by atoms with Gasteiger partial charge in [-0.15, -0.1) is 4.79 Å². The predicted molar refractivity (Wildman–Crippen MR) is 58.4 cm³/mol. The largest absolute Gasteiger partial charge is 0.365 e. The van der Waals surface area contributed by atoms with Gasteiger partial charge in [0.2, 0.25) is 0 Å². The molecule has 0 unspecified atom stereocenters. The minimum absolute atomic E-state index is 0.0516. The Morgan fingerprint density at radius 1 is 1.41 bits per heavy atom. The van der Waals surface area contributed by atoms with Crippen molar-refractivity contribution in [3.8, 4) is 0 Å². The first-order valence-electron chi connectivity index (χ1n) is 4.68. The van der Waals surface area contributed by atoms with Gasteiger partial charge >= 0.3 is 0 Å². The topological polar surface area (TPSA) is 125 Å². The molecular weight excluding hydrogens is 226 g/mol. The van der Waals surface area contributed by atoms with E-state index in [0.717, 1.165) is 5.56 Å². The first-order valence-corrected chi connectivity index (χ1v) is 4.68. The van der Waals surface area contributed by atoms with E-state index in [9.17, 15) is 10.1 Å². The second-order valence-electron chi connectivity index (χ2n) is 3.21. The first-order chi connectivity index (χ1) is 8.16. The number of aromatic nitrogens is 4. The van der Waals surface area contributed by atoms with Gasteiger partial charge in [0.15, 0.2) is 0 Å². The SMILES string of the molecule is Nc1nnnn1NCc1ccc([N+](=O)[O-])cc1. The van der Waals surface area contributed by atoms with Crippen LogP contribution >= 0.6 is 0 Å². The lowest BCUT2D eigenvalue weighted by atomic mass is 10.2. The van der Waals surface area contributed by atoms with Crippen LogP contribution in [0.15, 0.2) is 24.3 Å². The molecule has 1 aromatic heterocycles. The Bertz CT molecular complexity index is 521. The molecule has 1 aromatic carbocycles. The van der Waals surface area contributed by atoms with Gasteiger partial charge in [0, 0.05) is 12.1 Å². The Morgan fingerprint density at radius 3 is 2.65 bits per heavy atom. The molecule has 88 valence electrons. The van der Waals surface area contributed by atoms with Crippen molar-refractivity contribution in [2.75, 3.05) is 11.2 Å². The third-order valence-corrected chi connectivity index (χ3v) is 2.07. The Kier molecular flexibility index (Phi) is 2.81. The standard InChI is InChI=1S/C8H9N7O2/c9-8-11-12-13-14(8)10-5-6-1-3-7(4-2-6)15(16)17/h1-4,10H,5H2,(H2,9,11,13). The molecule has 9 nitrogen and oxygen atoms in total. The van der Waals surface area contributed by atoms with E-state index in [-0.39, 0.29) is 11.6 Å². The van der Waals surface area contributed by atoms with Crippen LogP contribution in [0.1, 0.15) is 5.56 Å². The van der Waals surface area contributed by atoms with Crippen molar-refractivity contribution in [1.29, 1.82) is 0 Å². The average Bonchev–Trinajstić information content (AvgIpc) is 2.73. The molecule has 17 heavy (non-hydrogen) atoms. The van der Waals surface area contributed by atoms with Crippen molar-refractivity contribution in [2.45, 2.75) is 6.54 Å². The number of benzene rings is 1. The maximum Gasteiger partial charge on any atom is 0.269 e. The molecule has 0 saturated carbocycles. The maximum absolute atomic E-state index is 10.4. The highest BCUT2D eigenvalue weighted by Crippen LogP contribution is 2.11. The highest BCUT2D eigenvalue weighted by atomic mass is 16.6. The van der Waals surface area contributed by atoms with Crippen molar-refractivity contribution in [3.05, 3.63) is 39.9 Å². The molecular formula is C8H9N7O2. The molecule has 0 aliphatic rings. The van der Waals surface area contributed by atoms with Crippen LogP contribution in [0.25, 0.3) is 0 Å². The van der Waals surface area contributed by atoms with Crippen molar-refractivity contribution in [2.24, 2.45) is 0 Å². The number of nitro groups is 1. The summed E-state index contributed by atoms with van der Waals surface area (Å²) in [6, 6.07) is 6.15. The third-order valence-electron chi connectivity index (χ3n) is 2.07. The van der Waals surface area contributed by atoms with E-state index in [1.807, 2.05) is 0 Å². The van der Waals surface area contributed by atoms with Crippen LogP contribution in [-0.2, 0) is 6.54 Å². The summed E-state index contributed by atoms with van der Waals surface area (Å²) in [5.41, 5.74) is 9.19. The smallest absolute Gasteiger partial charge is 0.269 e. The molecule has 0 amide bonds. The van der Waals surface area contributed by atoms with Gasteiger partial charge in [0.1, 0.15) is 0 Å². The van der Waals surface area contributed by atoms with E-state index in [4.69, 9.17) is 5.73 Å². The van der Waals surface area contributed by atoms with Crippen LogP contribution in [0.2, 0.25) is 0 Å². The zero-order chi connectivity index (χ0) is 12.3. The van der Waals surface area contributed by atoms with E-state index in [2.05, 4.69) is 21.0 Å². The zero-order valence-corrected chi connectivity index (χ0v) is 8.65. The number of nitro benzene ring substituents is 1. The van der Waals surface area contributed by atoms with Crippen LogP contribution in [-0.4, -0.2) is 25.2 Å². The molecule has 9 heteroatoms. The molecule has 0 atom stereocenters. The van der Waals surface area contributed by atoms with Gasteiger partial charge < -0.3 is 11.2 Å². The first kappa shape index (κ1) is 10.8. The maximum atomic E-state index is 10.4. The fourth-order valence-corrected chi connectivity index (χ4v) is 1.21. The Hall–Kier alpha value is -2.71. The lowest BCUT2D eigenvalue weighted by Crippen LogP contribution is -2.18. The lowest BCUT2D eigenvalue weighted by molar-refractivity contribution is -0.384. The third kappa shape index (κ3) is 2.45. The van der Waals surface area contributed by atoms with Gasteiger partial charge in [-0.05, 0) is 16.0 Å². The molecule has 0 saturated heterocycles. The second-order valence-corrected chi connectivity index (χ2v) is 3.21. The molecule has 0 radical (unpaired) electrons. The summed E-state index contributed by atoms with van der Waals surface area (Å²) in [5.74, 6) is 0.145. The van der Waals surface area contributed by atoms with Crippen LogP contribution in [0.3, 0.4) is 0 Å². The number of hydrogen-bond acceptors (Lipinski definition) is 7. The predicted octanol–water partition coefficient (Wildman–Crippen LogP) is -0.0928. The summed E-state index contributed by atoms with van der Waals surface area (Å²) >= 11 is 0. The fraction of sp³-hybridized carbons (Fsp3) is 0.125. The van der Waals surface area contributed by atoms with Crippen molar-refractivity contribution >= 4 is 11.6 Å². The molecule has 0 aliphatic heterocycles. The lowest BCUT2D eigenvalue weighted by Gasteiger charge is -2.05. The highest BCUT2D eigenvalue weighted by Gasteiger charge is 2.04. The number of rotatable bonds is 4. The summed E-state index contributed by atoms with van der Waals surface area (Å²) in [7, 11) is 0. The highest BCUT2D eigenvalue weighted by molar-refractivity contribution is 5.33. The minimum atomic E-state index is -0.448. The van der Waals surface area contributed by atoms with Crippen molar-refractivity contribution in [1.82, 2.24) is 20.3 Å². The van der Waals surface area contributed by atoms with Gasteiger partial charge in [0.25, 0.3) is 11.6 Å².